The van der Waals surface area contributed by atoms with Crippen LogP contribution < -0.4 is 4.57 Å². The fourth-order valence-electron chi connectivity index (χ4n) is 2.61. The minimum atomic E-state index is -2.20. The van der Waals surface area contributed by atoms with Crippen molar-refractivity contribution in [3.05, 3.63) is 52.7 Å². The molecule has 1 heteroatoms. The summed E-state index contributed by atoms with van der Waals surface area (Å²) in [6.07, 6.45) is -1.25. The first-order chi connectivity index (χ1) is 11.8. The minimum absolute atomic E-state index is 0.108. The summed E-state index contributed by atoms with van der Waals surface area (Å²) < 4.78 is 58.1. The van der Waals surface area contributed by atoms with Crippen LogP contribution in [-0.2, 0) is 19.8 Å². The molecule has 1 aliphatic rings. The van der Waals surface area contributed by atoms with Gasteiger partial charge in [0, 0.05) is 26.8 Å². The number of fused-ring (bicyclic) bond motifs is 1. The highest BCUT2D eigenvalue weighted by molar-refractivity contribution is 5.66. The smallest absolute Gasteiger partial charge is 0.201 e. The van der Waals surface area contributed by atoms with E-state index in [4.69, 9.17) is 9.60 Å². The maximum absolute atomic E-state index is 8.48. The van der Waals surface area contributed by atoms with Crippen LogP contribution in [0.3, 0.4) is 0 Å². The second kappa shape index (κ2) is 4.80. The molecule has 0 unspecified atom stereocenters. The van der Waals surface area contributed by atoms with Crippen LogP contribution in [-0.4, -0.2) is 0 Å². The Kier molecular flexibility index (Phi) is 1.69. The fourth-order valence-corrected chi connectivity index (χ4v) is 2.61. The van der Waals surface area contributed by atoms with Gasteiger partial charge in [-0.05, 0) is 56.6 Å². The minimum Gasteiger partial charge on any atom is -0.201 e. The number of hydrogen-bond acceptors (Lipinski definition) is 0. The summed E-state index contributed by atoms with van der Waals surface area (Å²) in [6.45, 7) is -0.398. The Morgan fingerprint density at radius 1 is 1.21 bits per heavy atom. The maximum Gasteiger partial charge on any atom is 0.216 e. The van der Waals surface area contributed by atoms with Gasteiger partial charge in [-0.25, -0.2) is 4.57 Å². The van der Waals surface area contributed by atoms with Crippen LogP contribution in [0.5, 0.6) is 0 Å². The van der Waals surface area contributed by atoms with Crippen molar-refractivity contribution >= 4 is 0 Å². The molecule has 0 fully saturated rings. The highest BCUT2D eigenvalue weighted by Gasteiger charge is 2.23. The first kappa shape index (κ1) is 6.69. The number of aryl methyl sites for hydroxylation is 4. The Labute approximate surface area is 125 Å². The third-order valence-corrected chi connectivity index (χ3v) is 3.55. The van der Waals surface area contributed by atoms with Crippen molar-refractivity contribution in [1.29, 1.82) is 0 Å². The largest absolute Gasteiger partial charge is 0.216 e. The Balaban J connectivity index is 2.31. The fraction of sp³-hybridized carbons (Fsp3) is 0.389. The molecule has 0 saturated heterocycles. The molecule has 2 aromatic rings. The molecule has 0 radical (unpaired) electrons. The van der Waals surface area contributed by atoms with Gasteiger partial charge in [-0.3, -0.25) is 0 Å². The standard InChI is InChI=1S/C18H22N/c1-13-8-9-16(14(2)12-13)18-17-7-5-4-6-15(17)10-11-19(18)3/h8-12H,4-7H2,1-3H3/q+1/i1D3,6D2,7D2. The highest BCUT2D eigenvalue weighted by Crippen LogP contribution is 2.30. The average Bonchev–Trinajstić information content (AvgIpc) is 2.51. The molecule has 0 N–H and O–H groups in total. The van der Waals surface area contributed by atoms with Gasteiger partial charge in [-0.2, -0.15) is 0 Å². The van der Waals surface area contributed by atoms with E-state index in [2.05, 4.69) is 0 Å². The van der Waals surface area contributed by atoms with Crippen LogP contribution in [0.1, 0.15) is 44.7 Å². The van der Waals surface area contributed by atoms with Gasteiger partial charge in [-0.15, -0.1) is 0 Å². The normalized spacial score (nSPS) is 25.7. The van der Waals surface area contributed by atoms with Crippen molar-refractivity contribution < 1.29 is 14.2 Å². The molecule has 1 aliphatic carbocycles. The molecule has 98 valence electrons. The van der Waals surface area contributed by atoms with Crippen molar-refractivity contribution in [2.75, 3.05) is 0 Å². The quantitative estimate of drug-likeness (QED) is 0.688. The van der Waals surface area contributed by atoms with Gasteiger partial charge in [0.25, 0.3) is 0 Å². The Bertz CT molecular complexity index is 869. The summed E-state index contributed by atoms with van der Waals surface area (Å²) in [4.78, 5) is 0. The second-order valence-corrected chi connectivity index (χ2v) is 4.95. The second-order valence-electron chi connectivity index (χ2n) is 4.95. The van der Waals surface area contributed by atoms with E-state index in [-0.39, 0.29) is 18.4 Å². The van der Waals surface area contributed by atoms with Crippen molar-refractivity contribution in [3.63, 3.8) is 0 Å². The number of benzene rings is 1. The molecule has 1 heterocycles. The lowest BCUT2D eigenvalue weighted by atomic mass is 9.87. The van der Waals surface area contributed by atoms with Crippen LogP contribution in [0.25, 0.3) is 11.3 Å². The predicted octanol–water partition coefficient (Wildman–Crippen LogP) is 3.67. The third-order valence-electron chi connectivity index (χ3n) is 3.55. The van der Waals surface area contributed by atoms with Gasteiger partial charge in [0.1, 0.15) is 7.05 Å². The van der Waals surface area contributed by atoms with E-state index in [1.165, 1.54) is 0 Å². The predicted molar refractivity (Wildman–Crippen MR) is 79.2 cm³/mol. The van der Waals surface area contributed by atoms with Gasteiger partial charge >= 0.3 is 0 Å². The lowest BCUT2D eigenvalue weighted by Crippen LogP contribution is -2.33. The summed E-state index contributed by atoms with van der Waals surface area (Å²) in [7, 11) is 1.80. The van der Waals surface area contributed by atoms with Crippen LogP contribution >= 0.6 is 0 Å². The van der Waals surface area contributed by atoms with E-state index in [0.29, 0.717) is 16.8 Å². The topological polar surface area (TPSA) is 3.88 Å². The van der Waals surface area contributed by atoms with Crippen molar-refractivity contribution in [2.24, 2.45) is 7.05 Å². The number of aromatic nitrogens is 1. The van der Waals surface area contributed by atoms with E-state index in [1.807, 2.05) is 0 Å². The molecule has 1 aromatic heterocycles. The van der Waals surface area contributed by atoms with Crippen LogP contribution in [0.15, 0.2) is 30.5 Å². The molecule has 1 nitrogen and oxygen atoms in total. The average molecular weight is 259 g/mol. The first-order valence-corrected chi connectivity index (χ1v) is 6.50. The maximum atomic E-state index is 8.48. The monoisotopic (exact) mass is 259 g/mol. The molecule has 1 aromatic carbocycles. The van der Waals surface area contributed by atoms with Crippen molar-refractivity contribution in [2.45, 2.75) is 39.4 Å². The molecule has 0 bridgehead atoms. The molecule has 19 heavy (non-hydrogen) atoms. The van der Waals surface area contributed by atoms with Gasteiger partial charge < -0.3 is 0 Å². The van der Waals surface area contributed by atoms with E-state index in [0.717, 1.165) is 11.1 Å². The zero-order valence-corrected chi connectivity index (χ0v) is 11.2. The first-order valence-electron chi connectivity index (χ1n) is 10.00. The lowest BCUT2D eigenvalue weighted by molar-refractivity contribution is -0.660. The van der Waals surface area contributed by atoms with E-state index < -0.39 is 19.6 Å². The van der Waals surface area contributed by atoms with Gasteiger partial charge in [0.2, 0.25) is 5.69 Å². The molecule has 0 saturated carbocycles. The number of rotatable bonds is 1. The van der Waals surface area contributed by atoms with Crippen LogP contribution in [0, 0.1) is 13.8 Å². The number of hydrogen-bond donors (Lipinski definition) is 0. The van der Waals surface area contributed by atoms with Crippen molar-refractivity contribution in [3.8, 4) is 11.3 Å². The highest BCUT2D eigenvalue weighted by atomic mass is 14.9. The Morgan fingerprint density at radius 2 is 2.05 bits per heavy atom. The molecular weight excluding hydrogens is 230 g/mol. The van der Waals surface area contributed by atoms with Gasteiger partial charge in [-0.1, -0.05) is 17.7 Å². The summed E-state index contributed by atoms with van der Waals surface area (Å²) in [6, 6.07) is 6.51. The number of nitrogens with zero attached hydrogens (tertiary/aromatic N) is 1. The summed E-state index contributed by atoms with van der Waals surface area (Å²) in [5.41, 5.74) is 3.03. The van der Waals surface area contributed by atoms with Gasteiger partial charge in [0.15, 0.2) is 6.20 Å². The summed E-state index contributed by atoms with van der Waals surface area (Å²) in [5, 5.41) is 0. The zero-order valence-electron chi connectivity index (χ0n) is 18.2. The van der Waals surface area contributed by atoms with E-state index >= 15 is 0 Å². The summed E-state index contributed by atoms with van der Waals surface area (Å²) >= 11 is 0. The molecule has 0 spiro atoms. The molecular formula is C18H22N+. The zero-order chi connectivity index (χ0) is 19.5. The molecule has 0 amide bonds. The van der Waals surface area contributed by atoms with Gasteiger partial charge in [0.05, 0.1) is 0 Å². The van der Waals surface area contributed by atoms with E-state index in [9.17, 15) is 0 Å². The Morgan fingerprint density at radius 3 is 2.84 bits per heavy atom. The lowest BCUT2D eigenvalue weighted by Gasteiger charge is -2.18. The van der Waals surface area contributed by atoms with E-state index in [1.54, 1.807) is 49.0 Å². The molecule has 0 aliphatic heterocycles. The Hall–Kier alpha value is -1.63. The number of pyridine rings is 1. The van der Waals surface area contributed by atoms with Crippen LogP contribution in [0.2, 0.25) is 0 Å². The third kappa shape index (κ3) is 2.18. The molecule has 0 atom stereocenters. The SMILES string of the molecule is [2H]C([2H])([2H])c1ccc(-c2c3c(cc[n+]2C)C([2H])([2H])CCC3([2H])[2H])c(C)c1. The van der Waals surface area contributed by atoms with Crippen molar-refractivity contribution in [1.82, 2.24) is 0 Å². The van der Waals surface area contributed by atoms with Crippen LogP contribution in [0.4, 0.5) is 0 Å². The summed E-state index contributed by atoms with van der Waals surface area (Å²) in [5.74, 6) is 0. The molecule has 3 rings (SSSR count).